The summed E-state index contributed by atoms with van der Waals surface area (Å²) in [6.45, 7) is -0.346. The summed E-state index contributed by atoms with van der Waals surface area (Å²) in [4.78, 5) is 14.9. The highest BCUT2D eigenvalue weighted by Gasteiger charge is 2.17. The van der Waals surface area contributed by atoms with E-state index in [2.05, 4.69) is 4.98 Å². The summed E-state index contributed by atoms with van der Waals surface area (Å²) in [6.07, 6.45) is 0. The summed E-state index contributed by atoms with van der Waals surface area (Å²) >= 11 is 12.8. The van der Waals surface area contributed by atoms with Crippen LogP contribution in [0, 0.1) is 5.95 Å². The number of halogens is 3. The van der Waals surface area contributed by atoms with E-state index in [0.717, 1.165) is 5.56 Å². The highest BCUT2D eigenvalue weighted by Crippen LogP contribution is 2.35. The Kier molecular flexibility index (Phi) is 5.22. The molecule has 0 atom stereocenters. The molecule has 0 spiro atoms. The van der Waals surface area contributed by atoms with E-state index in [1.807, 2.05) is 16.8 Å². The number of rotatable bonds is 5. The monoisotopic (exact) mass is 350 g/mol. The molecule has 0 saturated carbocycles. The zero-order valence-corrected chi connectivity index (χ0v) is 12.8. The van der Waals surface area contributed by atoms with E-state index in [0.29, 0.717) is 0 Å². The first-order valence-corrected chi connectivity index (χ1v) is 7.28. The first-order chi connectivity index (χ1) is 9.99. The molecule has 0 aliphatic rings. The molecule has 9 heteroatoms. The van der Waals surface area contributed by atoms with Crippen molar-refractivity contribution in [2.75, 3.05) is 12.3 Å². The van der Waals surface area contributed by atoms with Gasteiger partial charge in [-0.15, -0.1) is 0 Å². The third-order valence-corrected chi connectivity index (χ3v) is 3.81. The molecule has 2 aromatic rings. The van der Waals surface area contributed by atoms with Gasteiger partial charge in [0.2, 0.25) is 11.8 Å². The fourth-order valence-electron chi connectivity index (χ4n) is 1.31. The van der Waals surface area contributed by atoms with Crippen molar-refractivity contribution < 1.29 is 18.7 Å². The second-order valence-electron chi connectivity index (χ2n) is 3.83. The van der Waals surface area contributed by atoms with Gasteiger partial charge in [0.15, 0.2) is 6.61 Å². The molecule has 112 valence electrons. The van der Waals surface area contributed by atoms with Crippen LogP contribution in [0.2, 0.25) is 10.0 Å². The lowest BCUT2D eigenvalue weighted by molar-refractivity contribution is -0.147. The molecule has 0 fully saturated rings. The molecule has 0 amide bonds. The largest absolute Gasteiger partial charge is 0.464 e. The predicted molar refractivity (Wildman–Crippen MR) is 78.2 cm³/mol. The van der Waals surface area contributed by atoms with Gasteiger partial charge in [0.25, 0.3) is 0 Å². The lowest BCUT2D eigenvalue weighted by atomic mass is 10.4. The zero-order valence-electron chi connectivity index (χ0n) is 10.4. The number of nitrogen functional groups attached to an aromatic ring is 1. The summed E-state index contributed by atoms with van der Waals surface area (Å²) < 4.78 is 23.2. The zero-order chi connectivity index (χ0) is 15.4. The van der Waals surface area contributed by atoms with Gasteiger partial charge in [0, 0.05) is 5.56 Å². The predicted octanol–water partition coefficient (Wildman–Crippen LogP) is 3.29. The Morgan fingerprint density at radius 1 is 1.43 bits per heavy atom. The lowest BCUT2D eigenvalue weighted by Crippen LogP contribution is -2.16. The van der Waals surface area contributed by atoms with Gasteiger partial charge in [-0.3, -0.25) is 0 Å². The highest BCUT2D eigenvalue weighted by atomic mass is 35.5. The highest BCUT2D eigenvalue weighted by molar-refractivity contribution is 7.07. The maximum Gasteiger partial charge on any atom is 0.344 e. The summed E-state index contributed by atoms with van der Waals surface area (Å²) in [5.41, 5.74) is 6.14. The van der Waals surface area contributed by atoms with Gasteiger partial charge in [-0.25, -0.2) is 4.79 Å². The summed E-state index contributed by atoms with van der Waals surface area (Å²) in [7, 11) is 0. The van der Waals surface area contributed by atoms with E-state index in [1.54, 1.807) is 0 Å². The summed E-state index contributed by atoms with van der Waals surface area (Å²) in [6, 6.07) is 1.83. The van der Waals surface area contributed by atoms with Gasteiger partial charge < -0.3 is 15.2 Å². The number of hydrogen-bond acceptors (Lipinski definition) is 6. The summed E-state index contributed by atoms with van der Waals surface area (Å²) in [5.74, 6) is -1.99. The maximum atomic E-state index is 13.3. The van der Waals surface area contributed by atoms with Crippen molar-refractivity contribution in [1.82, 2.24) is 4.98 Å². The molecule has 0 aliphatic carbocycles. The van der Waals surface area contributed by atoms with E-state index in [9.17, 15) is 9.18 Å². The third kappa shape index (κ3) is 3.96. The molecule has 0 aromatic carbocycles. The molecular weight excluding hydrogens is 342 g/mol. The van der Waals surface area contributed by atoms with Crippen LogP contribution >= 0.6 is 34.5 Å². The molecule has 0 bridgehead atoms. The standard InChI is InChI=1S/C12H9Cl2FN2O3S/c13-8-10(16)9(14)12(17-11(8)15)20-4-7(18)19-3-6-1-2-21-5-6/h1-2,5H,3-4H2,(H2,16,17). The lowest BCUT2D eigenvalue weighted by Gasteiger charge is -2.09. The second-order valence-corrected chi connectivity index (χ2v) is 5.37. The fourth-order valence-corrected chi connectivity index (χ4v) is 2.34. The fraction of sp³-hybridized carbons (Fsp3) is 0.167. The Labute approximate surface area is 133 Å². The van der Waals surface area contributed by atoms with Crippen LogP contribution in [0.5, 0.6) is 5.88 Å². The first kappa shape index (κ1) is 15.8. The van der Waals surface area contributed by atoms with Crippen LogP contribution in [0.1, 0.15) is 5.56 Å². The van der Waals surface area contributed by atoms with Gasteiger partial charge in [-0.05, 0) is 16.8 Å². The van der Waals surface area contributed by atoms with Gasteiger partial charge in [0.1, 0.15) is 16.7 Å². The van der Waals surface area contributed by atoms with E-state index in [-0.39, 0.29) is 23.2 Å². The number of nitrogens with zero attached hydrogens (tertiary/aromatic N) is 1. The number of carbonyl (C=O) groups excluding carboxylic acids is 1. The minimum atomic E-state index is -1.03. The molecule has 2 N–H and O–H groups in total. The van der Waals surface area contributed by atoms with Crippen LogP contribution in [0.4, 0.5) is 10.1 Å². The van der Waals surface area contributed by atoms with E-state index < -0.39 is 23.5 Å². The third-order valence-electron chi connectivity index (χ3n) is 2.35. The van der Waals surface area contributed by atoms with Crippen LogP contribution in [0.25, 0.3) is 0 Å². The van der Waals surface area contributed by atoms with E-state index in [1.165, 1.54) is 11.3 Å². The smallest absolute Gasteiger partial charge is 0.344 e. The van der Waals surface area contributed by atoms with E-state index in [4.69, 9.17) is 38.4 Å². The van der Waals surface area contributed by atoms with Crippen LogP contribution in [0.3, 0.4) is 0 Å². The molecule has 0 unspecified atom stereocenters. The van der Waals surface area contributed by atoms with Crippen molar-refractivity contribution in [1.29, 1.82) is 0 Å². The van der Waals surface area contributed by atoms with Gasteiger partial charge in [-0.1, -0.05) is 23.2 Å². The van der Waals surface area contributed by atoms with Crippen molar-refractivity contribution in [2.24, 2.45) is 0 Å². The molecule has 2 rings (SSSR count). The Bertz CT molecular complexity index is 652. The molecule has 0 saturated heterocycles. The molecule has 2 heterocycles. The van der Waals surface area contributed by atoms with Crippen LogP contribution in [0.15, 0.2) is 16.8 Å². The van der Waals surface area contributed by atoms with Crippen molar-refractivity contribution in [2.45, 2.75) is 6.61 Å². The number of ether oxygens (including phenoxy) is 2. The second kappa shape index (κ2) is 6.93. The quantitative estimate of drug-likeness (QED) is 0.661. The number of esters is 1. The molecule has 2 aromatic heterocycles. The molecule has 0 aliphatic heterocycles. The van der Waals surface area contributed by atoms with Crippen molar-refractivity contribution in [3.63, 3.8) is 0 Å². The number of aromatic nitrogens is 1. The molecule has 0 radical (unpaired) electrons. The van der Waals surface area contributed by atoms with Crippen LogP contribution in [-0.4, -0.2) is 17.6 Å². The van der Waals surface area contributed by atoms with Gasteiger partial charge in [-0.2, -0.15) is 20.7 Å². The van der Waals surface area contributed by atoms with E-state index >= 15 is 0 Å². The van der Waals surface area contributed by atoms with Crippen molar-refractivity contribution >= 4 is 46.2 Å². The normalized spacial score (nSPS) is 10.4. The minimum absolute atomic E-state index is 0.129. The number of pyridine rings is 1. The topological polar surface area (TPSA) is 74.4 Å². The number of nitrogens with two attached hydrogens (primary N) is 1. The molecule has 5 nitrogen and oxygen atoms in total. The average Bonchev–Trinajstić information content (AvgIpc) is 2.98. The minimum Gasteiger partial charge on any atom is -0.464 e. The summed E-state index contributed by atoms with van der Waals surface area (Å²) in [5, 5.41) is 3.16. The molecule has 21 heavy (non-hydrogen) atoms. The van der Waals surface area contributed by atoms with Crippen LogP contribution in [-0.2, 0) is 16.1 Å². The number of carbonyl (C=O) groups is 1. The first-order valence-electron chi connectivity index (χ1n) is 5.58. The Morgan fingerprint density at radius 2 is 2.19 bits per heavy atom. The van der Waals surface area contributed by atoms with Crippen molar-refractivity contribution in [3.05, 3.63) is 38.4 Å². The Hall–Kier alpha value is -1.57. The van der Waals surface area contributed by atoms with Crippen molar-refractivity contribution in [3.8, 4) is 5.88 Å². The van der Waals surface area contributed by atoms with Gasteiger partial charge >= 0.3 is 5.97 Å². The SMILES string of the molecule is Nc1c(Cl)c(F)nc(OCC(=O)OCc2ccsc2)c1Cl. The maximum absolute atomic E-state index is 13.3. The Balaban J connectivity index is 1.92. The molecular formula is C12H9Cl2FN2O3S. The Morgan fingerprint density at radius 3 is 2.86 bits per heavy atom. The van der Waals surface area contributed by atoms with Gasteiger partial charge in [0.05, 0.1) is 5.69 Å². The van der Waals surface area contributed by atoms with Crippen LogP contribution < -0.4 is 10.5 Å². The number of thiophene rings is 1. The number of anilines is 1. The number of hydrogen-bond donors (Lipinski definition) is 1. The average molecular weight is 351 g/mol.